The van der Waals surface area contributed by atoms with Crippen LogP contribution in [0.5, 0.6) is 0 Å². The maximum absolute atomic E-state index is 13.3. The minimum absolute atomic E-state index is 0.0170. The third-order valence-corrected chi connectivity index (χ3v) is 8.88. The van der Waals surface area contributed by atoms with Crippen LogP contribution in [0, 0.1) is 6.92 Å². The first-order valence-corrected chi connectivity index (χ1v) is 13.8. The molecule has 11 heteroatoms. The van der Waals surface area contributed by atoms with E-state index in [1.807, 2.05) is 53.4 Å². The third-order valence-electron chi connectivity index (χ3n) is 5.56. The van der Waals surface area contributed by atoms with Crippen molar-refractivity contribution in [2.45, 2.75) is 17.6 Å². The molecule has 4 aromatic rings. The zero-order valence-corrected chi connectivity index (χ0v) is 20.7. The second-order valence-corrected chi connectivity index (χ2v) is 11.3. The zero-order valence-electron chi connectivity index (χ0n) is 18.2. The van der Waals surface area contributed by atoms with Crippen molar-refractivity contribution < 1.29 is 13.2 Å². The SMILES string of the molecule is Cc1nc(N2CCCN(c3ccc(-c4cccc(-c5cscn5)c4)cc3)C2=O)sc1S(N)(=O)=O. The van der Waals surface area contributed by atoms with Gasteiger partial charge in [-0.3, -0.25) is 9.80 Å². The van der Waals surface area contributed by atoms with E-state index in [1.54, 1.807) is 23.2 Å². The van der Waals surface area contributed by atoms with Gasteiger partial charge in [-0.1, -0.05) is 41.7 Å². The Kier molecular flexibility index (Phi) is 5.94. The van der Waals surface area contributed by atoms with Gasteiger partial charge in [0.05, 0.1) is 16.9 Å². The molecular weight excluding hydrogens is 490 g/mol. The van der Waals surface area contributed by atoms with Crippen LogP contribution >= 0.6 is 22.7 Å². The molecule has 34 heavy (non-hydrogen) atoms. The normalized spacial score (nSPS) is 14.6. The average molecular weight is 512 g/mol. The number of sulfonamides is 1. The molecule has 0 saturated carbocycles. The van der Waals surface area contributed by atoms with Gasteiger partial charge >= 0.3 is 6.03 Å². The van der Waals surface area contributed by atoms with Gasteiger partial charge in [0.25, 0.3) is 0 Å². The van der Waals surface area contributed by atoms with Crippen molar-refractivity contribution >= 4 is 49.5 Å². The maximum atomic E-state index is 13.3. The highest BCUT2D eigenvalue weighted by Gasteiger charge is 2.31. The molecule has 1 saturated heterocycles. The number of nitrogens with two attached hydrogens (primary N) is 1. The van der Waals surface area contributed by atoms with E-state index >= 15 is 0 Å². The number of benzene rings is 2. The largest absolute Gasteiger partial charge is 0.330 e. The first-order chi connectivity index (χ1) is 16.3. The number of hydrogen-bond acceptors (Lipinski definition) is 7. The number of rotatable bonds is 5. The highest BCUT2D eigenvalue weighted by molar-refractivity contribution is 7.91. The Hall–Kier alpha value is -3.12. The second-order valence-electron chi connectivity index (χ2n) is 7.86. The lowest BCUT2D eigenvalue weighted by Crippen LogP contribution is -2.49. The molecule has 1 aliphatic heterocycles. The number of thiazole rings is 2. The van der Waals surface area contributed by atoms with Gasteiger partial charge in [0.2, 0.25) is 10.0 Å². The van der Waals surface area contributed by atoms with Gasteiger partial charge in [0.1, 0.15) is 0 Å². The summed E-state index contributed by atoms with van der Waals surface area (Å²) < 4.78 is 23.6. The van der Waals surface area contributed by atoms with Crippen LogP contribution in [0.25, 0.3) is 22.4 Å². The summed E-state index contributed by atoms with van der Waals surface area (Å²) in [5.74, 6) is 0. The van der Waals surface area contributed by atoms with Crippen molar-refractivity contribution in [1.29, 1.82) is 0 Å². The van der Waals surface area contributed by atoms with E-state index < -0.39 is 10.0 Å². The van der Waals surface area contributed by atoms with E-state index in [1.165, 1.54) is 4.90 Å². The number of hydrogen-bond donors (Lipinski definition) is 1. The first-order valence-electron chi connectivity index (χ1n) is 10.5. The molecule has 2 N–H and O–H groups in total. The summed E-state index contributed by atoms with van der Waals surface area (Å²) in [6.45, 7) is 2.61. The number of nitrogens with zero attached hydrogens (tertiary/aromatic N) is 4. The third kappa shape index (κ3) is 4.34. The molecule has 1 aliphatic rings. The number of anilines is 2. The quantitative estimate of drug-likeness (QED) is 0.417. The van der Waals surface area contributed by atoms with Crippen LogP contribution in [-0.2, 0) is 10.0 Å². The minimum Gasteiger partial charge on any atom is -0.294 e. The van der Waals surface area contributed by atoms with E-state index in [9.17, 15) is 13.2 Å². The van der Waals surface area contributed by atoms with Crippen LogP contribution in [-0.4, -0.2) is 37.5 Å². The van der Waals surface area contributed by atoms with Gasteiger partial charge in [-0.2, -0.15) is 0 Å². The highest BCUT2D eigenvalue weighted by atomic mass is 32.2. The van der Waals surface area contributed by atoms with E-state index in [4.69, 9.17) is 5.14 Å². The molecule has 174 valence electrons. The molecule has 2 aromatic carbocycles. The number of carbonyl (C=O) groups excluding carboxylic acids is 1. The molecular formula is C23H21N5O3S3. The van der Waals surface area contributed by atoms with Crippen molar-refractivity contribution in [2.24, 2.45) is 5.14 Å². The van der Waals surface area contributed by atoms with Gasteiger partial charge in [-0.25, -0.2) is 28.3 Å². The Bertz CT molecular complexity index is 1450. The molecule has 0 unspecified atom stereocenters. The van der Waals surface area contributed by atoms with Gasteiger partial charge in [-0.05, 0) is 42.7 Å². The van der Waals surface area contributed by atoms with Crippen molar-refractivity contribution in [2.75, 3.05) is 22.9 Å². The summed E-state index contributed by atoms with van der Waals surface area (Å²) in [5, 5.41) is 7.64. The monoisotopic (exact) mass is 511 g/mol. The van der Waals surface area contributed by atoms with Gasteiger partial charge < -0.3 is 0 Å². The zero-order chi connectivity index (χ0) is 23.9. The topological polar surface area (TPSA) is 109 Å². The minimum atomic E-state index is -3.88. The Morgan fingerprint density at radius 3 is 2.41 bits per heavy atom. The van der Waals surface area contributed by atoms with Crippen molar-refractivity contribution in [3.63, 3.8) is 0 Å². The molecule has 2 aromatic heterocycles. The second kappa shape index (κ2) is 8.91. The Labute approximate surface area is 205 Å². The van der Waals surface area contributed by atoms with Crippen LogP contribution in [0.15, 0.2) is 63.6 Å². The van der Waals surface area contributed by atoms with Crippen LogP contribution in [0.2, 0.25) is 0 Å². The van der Waals surface area contributed by atoms with Crippen LogP contribution in [0.3, 0.4) is 0 Å². The van der Waals surface area contributed by atoms with Crippen molar-refractivity contribution in [3.05, 3.63) is 65.1 Å². The first kappa shape index (κ1) is 22.7. The lowest BCUT2D eigenvalue weighted by molar-refractivity contribution is 0.248. The summed E-state index contributed by atoms with van der Waals surface area (Å²) in [5.41, 5.74) is 7.00. The summed E-state index contributed by atoms with van der Waals surface area (Å²) in [6, 6.07) is 15.8. The molecule has 8 nitrogen and oxygen atoms in total. The smallest absolute Gasteiger partial charge is 0.294 e. The molecule has 1 fully saturated rings. The van der Waals surface area contributed by atoms with Crippen molar-refractivity contribution in [1.82, 2.24) is 9.97 Å². The van der Waals surface area contributed by atoms with E-state index in [2.05, 4.69) is 16.0 Å². The molecule has 5 rings (SSSR count). The fourth-order valence-corrected chi connectivity index (χ4v) is 6.46. The predicted molar refractivity (Wildman–Crippen MR) is 136 cm³/mol. The van der Waals surface area contributed by atoms with Crippen LogP contribution in [0.1, 0.15) is 12.1 Å². The molecule has 3 heterocycles. The highest BCUT2D eigenvalue weighted by Crippen LogP contribution is 2.33. The summed E-state index contributed by atoms with van der Waals surface area (Å²) in [6.07, 6.45) is 0.729. The van der Waals surface area contributed by atoms with Gasteiger partial charge in [0, 0.05) is 29.7 Å². The summed E-state index contributed by atoms with van der Waals surface area (Å²) in [4.78, 5) is 25.1. The van der Waals surface area contributed by atoms with Crippen LogP contribution < -0.4 is 14.9 Å². The molecule has 0 radical (unpaired) electrons. The molecule has 2 amide bonds. The number of urea groups is 1. The van der Waals surface area contributed by atoms with Crippen molar-refractivity contribution in [3.8, 4) is 22.4 Å². The Balaban J connectivity index is 1.39. The number of amides is 2. The Morgan fingerprint density at radius 2 is 1.74 bits per heavy atom. The number of aryl methyl sites for hydroxylation is 1. The van der Waals surface area contributed by atoms with Gasteiger partial charge in [0.15, 0.2) is 9.34 Å². The predicted octanol–water partition coefficient (Wildman–Crippen LogP) is 4.73. The number of carbonyl (C=O) groups is 1. The summed E-state index contributed by atoms with van der Waals surface area (Å²) in [7, 11) is -3.88. The number of aromatic nitrogens is 2. The van der Waals surface area contributed by atoms with E-state index in [-0.39, 0.29) is 10.2 Å². The maximum Gasteiger partial charge on any atom is 0.330 e. The molecule has 0 spiro atoms. The lowest BCUT2D eigenvalue weighted by Gasteiger charge is -2.34. The average Bonchev–Trinajstić information content (AvgIpc) is 3.50. The fraction of sp³-hybridized carbons (Fsp3) is 0.174. The molecule has 0 atom stereocenters. The Morgan fingerprint density at radius 1 is 1.00 bits per heavy atom. The van der Waals surface area contributed by atoms with Crippen LogP contribution in [0.4, 0.5) is 15.6 Å². The fourth-order valence-electron chi connectivity index (χ4n) is 3.94. The number of primary sulfonamides is 1. The van der Waals surface area contributed by atoms with E-state index in [0.29, 0.717) is 23.9 Å². The van der Waals surface area contributed by atoms with E-state index in [0.717, 1.165) is 45.8 Å². The summed E-state index contributed by atoms with van der Waals surface area (Å²) >= 11 is 2.49. The standard InChI is InChI=1S/C23H21N5O3S3/c1-15-21(34(24,30)31)33-22(26-15)28-11-3-10-27(23(28)29)19-8-6-16(7-9-19)17-4-2-5-18(12-17)20-13-32-14-25-20/h2,4-9,12-14H,3,10-11H2,1H3,(H2,24,30,31). The molecule has 0 bridgehead atoms. The van der Waals surface area contributed by atoms with Gasteiger partial charge in [-0.15, -0.1) is 11.3 Å². The molecule has 0 aliphatic carbocycles. The lowest BCUT2D eigenvalue weighted by atomic mass is 10.0.